The number of hydrogen-bond acceptors (Lipinski definition) is 3. The first kappa shape index (κ1) is 14.0. The summed E-state index contributed by atoms with van der Waals surface area (Å²) in [7, 11) is 0. The molecule has 1 aromatic heterocycles. The van der Waals surface area contributed by atoms with E-state index in [1.807, 2.05) is 24.0 Å². The number of pyridine rings is 1. The summed E-state index contributed by atoms with van der Waals surface area (Å²) in [6.07, 6.45) is 3.03. The van der Waals surface area contributed by atoms with Crippen LogP contribution in [0.4, 0.5) is 0 Å². The molecule has 0 fully saturated rings. The predicted octanol–water partition coefficient (Wildman–Crippen LogP) is 2.46. The monoisotopic (exact) mass is 252 g/mol. The summed E-state index contributed by atoms with van der Waals surface area (Å²) >= 11 is 1.89. The van der Waals surface area contributed by atoms with Gasteiger partial charge in [-0.1, -0.05) is 0 Å². The van der Waals surface area contributed by atoms with Gasteiger partial charge in [-0.3, -0.25) is 4.98 Å². The molecule has 0 saturated heterocycles. The minimum Gasteiger partial charge on any atom is -0.330 e. The average Bonchev–Trinajstić information content (AvgIpc) is 2.17. The fourth-order valence-electron chi connectivity index (χ4n) is 1.51. The Bertz CT molecular complexity index is 283. The highest BCUT2D eigenvalue weighted by Gasteiger charge is 2.19. The number of fused-ring (bicyclic) bond motifs is 1. The minimum absolute atomic E-state index is 0. The van der Waals surface area contributed by atoms with Crippen molar-refractivity contribution in [2.45, 2.75) is 17.2 Å². The lowest BCUT2D eigenvalue weighted by atomic mass is 10.0. The smallest absolute Gasteiger partial charge is 0.0582 e. The lowest BCUT2D eigenvalue weighted by molar-refractivity contribution is 0.635. The largest absolute Gasteiger partial charge is 0.330 e. The van der Waals surface area contributed by atoms with Crippen molar-refractivity contribution in [2.24, 2.45) is 5.73 Å². The zero-order valence-electron chi connectivity index (χ0n) is 7.68. The zero-order chi connectivity index (χ0) is 8.39. The Hall–Kier alpha value is 0.0400. The fraction of sp³-hybridized carbons (Fsp3) is 0.444. The normalized spacial score (nSPS) is 18.8. The summed E-state index contributed by atoms with van der Waals surface area (Å²) in [5.74, 6) is 1.67. The topological polar surface area (TPSA) is 38.9 Å². The van der Waals surface area contributed by atoms with Crippen LogP contribution in [0.15, 0.2) is 23.2 Å². The Balaban J connectivity index is 0.000000845. The quantitative estimate of drug-likeness (QED) is 0.835. The molecule has 1 atom stereocenters. The van der Waals surface area contributed by atoms with Gasteiger partial charge < -0.3 is 5.73 Å². The van der Waals surface area contributed by atoms with Crippen LogP contribution in [0.1, 0.15) is 18.0 Å². The highest BCUT2D eigenvalue weighted by molar-refractivity contribution is 7.99. The van der Waals surface area contributed by atoms with Crippen LogP contribution in [0.2, 0.25) is 0 Å². The molecule has 2 heterocycles. The molecule has 0 spiro atoms. The Morgan fingerprint density at radius 2 is 2.29 bits per heavy atom. The summed E-state index contributed by atoms with van der Waals surface area (Å²) in [4.78, 5) is 5.69. The maximum absolute atomic E-state index is 5.67. The van der Waals surface area contributed by atoms with E-state index in [-0.39, 0.29) is 24.8 Å². The summed E-state index contributed by atoms with van der Waals surface area (Å²) in [6.45, 7) is 0.727. The highest BCUT2D eigenvalue weighted by Crippen LogP contribution is 2.34. The second-order valence-electron chi connectivity index (χ2n) is 2.96. The summed E-state index contributed by atoms with van der Waals surface area (Å²) < 4.78 is 0. The van der Waals surface area contributed by atoms with E-state index in [2.05, 4.69) is 11.1 Å². The fourth-order valence-corrected chi connectivity index (χ4v) is 2.67. The van der Waals surface area contributed by atoms with Crippen LogP contribution in [0.5, 0.6) is 0 Å². The van der Waals surface area contributed by atoms with Crippen molar-refractivity contribution in [1.29, 1.82) is 0 Å². The number of hydrogen-bond donors (Lipinski definition) is 1. The van der Waals surface area contributed by atoms with Crippen LogP contribution in [0, 0.1) is 0 Å². The summed E-state index contributed by atoms with van der Waals surface area (Å²) in [6, 6.07) is 4.12. The van der Waals surface area contributed by atoms with E-state index in [9.17, 15) is 0 Å². The van der Waals surface area contributed by atoms with Crippen molar-refractivity contribution in [2.75, 3.05) is 12.3 Å². The molecule has 0 aliphatic carbocycles. The third kappa shape index (κ3) is 2.76. The molecule has 80 valence electrons. The van der Waals surface area contributed by atoms with Gasteiger partial charge >= 0.3 is 0 Å². The number of nitrogens with two attached hydrogens (primary N) is 1. The van der Waals surface area contributed by atoms with Crippen molar-refractivity contribution < 1.29 is 0 Å². The first-order chi connectivity index (χ1) is 5.92. The molecule has 1 aliphatic rings. The van der Waals surface area contributed by atoms with E-state index >= 15 is 0 Å². The van der Waals surface area contributed by atoms with E-state index in [1.54, 1.807) is 0 Å². The summed E-state index contributed by atoms with van der Waals surface area (Å²) in [5.41, 5.74) is 6.87. The average molecular weight is 253 g/mol. The third-order valence-corrected chi connectivity index (χ3v) is 3.29. The lowest BCUT2D eigenvalue weighted by Crippen LogP contribution is -2.18. The molecule has 2 nitrogen and oxygen atoms in total. The number of halogens is 2. The first-order valence-corrected chi connectivity index (χ1v) is 5.18. The van der Waals surface area contributed by atoms with Crippen molar-refractivity contribution >= 4 is 36.6 Å². The molecule has 2 rings (SSSR count). The molecule has 14 heavy (non-hydrogen) atoms. The summed E-state index contributed by atoms with van der Waals surface area (Å²) in [5, 5.41) is 0. The molecular formula is C9H14Cl2N2S. The molecule has 1 aliphatic heterocycles. The molecule has 5 heteroatoms. The van der Waals surface area contributed by atoms with Crippen molar-refractivity contribution in [3.8, 4) is 0 Å². The molecule has 0 unspecified atom stereocenters. The van der Waals surface area contributed by atoms with E-state index in [1.165, 1.54) is 22.8 Å². The second-order valence-corrected chi connectivity index (χ2v) is 4.09. The zero-order valence-corrected chi connectivity index (χ0v) is 10.1. The van der Waals surface area contributed by atoms with Crippen molar-refractivity contribution in [1.82, 2.24) is 4.98 Å². The highest BCUT2D eigenvalue weighted by atomic mass is 35.5. The Morgan fingerprint density at radius 1 is 1.50 bits per heavy atom. The van der Waals surface area contributed by atoms with Gasteiger partial charge in [0, 0.05) is 23.6 Å². The van der Waals surface area contributed by atoms with Gasteiger partial charge in [0.1, 0.15) is 0 Å². The van der Waals surface area contributed by atoms with Gasteiger partial charge in [-0.05, 0) is 24.3 Å². The Labute approximate surface area is 101 Å². The number of rotatable bonds is 1. The third-order valence-electron chi connectivity index (χ3n) is 2.19. The minimum atomic E-state index is 0. The first-order valence-electron chi connectivity index (χ1n) is 4.19. The van der Waals surface area contributed by atoms with Gasteiger partial charge in [0.05, 0.1) is 5.69 Å². The molecule has 0 saturated carbocycles. The van der Waals surface area contributed by atoms with E-state index < -0.39 is 0 Å². The Morgan fingerprint density at radius 3 is 3.00 bits per heavy atom. The van der Waals surface area contributed by atoms with Crippen LogP contribution in [0.25, 0.3) is 0 Å². The Kier molecular flexibility index (Phi) is 6.53. The van der Waals surface area contributed by atoms with E-state index in [0.717, 1.165) is 6.54 Å². The van der Waals surface area contributed by atoms with Crippen LogP contribution >= 0.6 is 36.6 Å². The molecule has 0 radical (unpaired) electrons. The maximum atomic E-state index is 5.67. The number of nitrogens with zero attached hydrogens (tertiary/aromatic N) is 1. The van der Waals surface area contributed by atoms with Crippen molar-refractivity contribution in [3.63, 3.8) is 0 Å². The standard InChI is InChI=1S/C9H12N2S.2ClH/c10-6-7-3-5-12-8-2-1-4-11-9(7)8;;/h1-2,4,7H,3,5-6,10H2;2*1H/t7-;;/m0../s1. The molecular weight excluding hydrogens is 239 g/mol. The van der Waals surface area contributed by atoms with Crippen LogP contribution in [0.3, 0.4) is 0 Å². The SMILES string of the molecule is Cl.Cl.NC[C@@H]1CCSc2cccnc21. The van der Waals surface area contributed by atoms with Crippen LogP contribution in [-0.2, 0) is 0 Å². The van der Waals surface area contributed by atoms with Crippen molar-refractivity contribution in [3.05, 3.63) is 24.0 Å². The number of thioether (sulfide) groups is 1. The van der Waals surface area contributed by atoms with Gasteiger partial charge in [-0.2, -0.15) is 0 Å². The van der Waals surface area contributed by atoms with Gasteiger partial charge in [-0.25, -0.2) is 0 Å². The van der Waals surface area contributed by atoms with E-state index in [0.29, 0.717) is 5.92 Å². The lowest BCUT2D eigenvalue weighted by Gasteiger charge is -2.21. The molecule has 1 aromatic rings. The van der Waals surface area contributed by atoms with Gasteiger partial charge in [-0.15, -0.1) is 36.6 Å². The van der Waals surface area contributed by atoms with Crippen LogP contribution in [-0.4, -0.2) is 17.3 Å². The molecule has 0 aromatic carbocycles. The molecule has 2 N–H and O–H groups in total. The van der Waals surface area contributed by atoms with Gasteiger partial charge in [0.25, 0.3) is 0 Å². The number of aromatic nitrogens is 1. The van der Waals surface area contributed by atoms with Gasteiger partial charge in [0.2, 0.25) is 0 Å². The molecule has 0 amide bonds. The van der Waals surface area contributed by atoms with Gasteiger partial charge in [0.15, 0.2) is 0 Å². The van der Waals surface area contributed by atoms with Crippen LogP contribution < -0.4 is 5.73 Å². The molecule has 0 bridgehead atoms. The predicted molar refractivity (Wildman–Crippen MR) is 65.9 cm³/mol. The maximum Gasteiger partial charge on any atom is 0.0582 e. The second kappa shape index (κ2) is 6.51. The van der Waals surface area contributed by atoms with E-state index in [4.69, 9.17) is 5.73 Å².